The van der Waals surface area contributed by atoms with Gasteiger partial charge >= 0.3 is 0 Å². The molecule has 98 valence electrons. The lowest BCUT2D eigenvalue weighted by molar-refractivity contribution is 1.31. The van der Waals surface area contributed by atoms with E-state index in [1.54, 1.807) is 12.1 Å². The third-order valence-corrected chi connectivity index (χ3v) is 3.73. The minimum atomic E-state index is -0.0983. The monoisotopic (exact) mass is 325 g/mol. The Bertz CT molecular complexity index is 864. The minimum absolute atomic E-state index is 0.0983. The smallest absolute Gasteiger partial charge is 0.249 e. The maximum Gasteiger partial charge on any atom is 0.249 e. The van der Waals surface area contributed by atoms with E-state index in [0.29, 0.717) is 0 Å². The first-order valence-electron chi connectivity index (χ1n) is 6.23. The van der Waals surface area contributed by atoms with Crippen LogP contribution in [0, 0.1) is 0 Å². The first kappa shape index (κ1) is 12.9. The molecular formula is C17H12BrNO. The molecule has 3 aromatic rings. The molecule has 0 amide bonds. The molecule has 0 fully saturated rings. The number of aromatic nitrogens is 1. The first-order valence-corrected chi connectivity index (χ1v) is 7.02. The summed E-state index contributed by atoms with van der Waals surface area (Å²) in [6, 6.07) is 15.5. The van der Waals surface area contributed by atoms with Crippen LogP contribution in [0.15, 0.2) is 64.4 Å². The highest BCUT2D eigenvalue weighted by atomic mass is 79.9. The zero-order valence-electron chi connectivity index (χ0n) is 10.7. The molecule has 0 atom stereocenters. The van der Waals surface area contributed by atoms with Crippen LogP contribution in [0.25, 0.3) is 28.1 Å². The largest absolute Gasteiger partial charge is 0.322 e. The molecule has 0 saturated carbocycles. The van der Waals surface area contributed by atoms with E-state index in [1.807, 2.05) is 42.5 Å². The highest BCUT2D eigenvalue weighted by molar-refractivity contribution is 9.10. The average molecular weight is 326 g/mol. The maximum atomic E-state index is 11.8. The maximum absolute atomic E-state index is 11.8. The van der Waals surface area contributed by atoms with Crippen molar-refractivity contribution in [3.63, 3.8) is 0 Å². The zero-order valence-corrected chi connectivity index (χ0v) is 12.3. The van der Waals surface area contributed by atoms with Gasteiger partial charge in [0, 0.05) is 21.4 Å². The molecule has 0 bridgehead atoms. The van der Waals surface area contributed by atoms with Crippen molar-refractivity contribution in [2.75, 3.05) is 0 Å². The number of hydrogen-bond acceptors (Lipinski definition) is 1. The van der Waals surface area contributed by atoms with Gasteiger partial charge in [0.15, 0.2) is 0 Å². The second-order valence-electron chi connectivity index (χ2n) is 4.57. The van der Waals surface area contributed by atoms with Gasteiger partial charge in [-0.15, -0.1) is 0 Å². The van der Waals surface area contributed by atoms with Gasteiger partial charge < -0.3 is 4.98 Å². The Kier molecular flexibility index (Phi) is 3.28. The highest BCUT2D eigenvalue weighted by Gasteiger charge is 2.07. The Morgan fingerprint density at radius 2 is 1.95 bits per heavy atom. The molecule has 1 N–H and O–H groups in total. The highest BCUT2D eigenvalue weighted by Crippen LogP contribution is 2.29. The van der Waals surface area contributed by atoms with Crippen molar-refractivity contribution in [1.29, 1.82) is 0 Å². The summed E-state index contributed by atoms with van der Waals surface area (Å²) in [6.45, 7) is 3.78. The molecule has 2 aromatic carbocycles. The fourth-order valence-corrected chi connectivity index (χ4v) is 2.66. The molecule has 0 aliphatic carbocycles. The molecule has 1 aromatic heterocycles. The summed E-state index contributed by atoms with van der Waals surface area (Å²) < 4.78 is 0.984. The predicted octanol–water partition coefficient (Wildman–Crippen LogP) is 4.60. The summed E-state index contributed by atoms with van der Waals surface area (Å²) >= 11 is 3.48. The second-order valence-corrected chi connectivity index (χ2v) is 5.48. The SMILES string of the molecule is C=Cc1cccc(-c2cc(=O)[nH]c3ccc(Br)cc23)c1. The molecule has 20 heavy (non-hydrogen) atoms. The van der Waals surface area contributed by atoms with Crippen molar-refractivity contribution < 1.29 is 0 Å². The molecule has 0 spiro atoms. The Balaban J connectivity index is 2.36. The van der Waals surface area contributed by atoms with E-state index < -0.39 is 0 Å². The summed E-state index contributed by atoms with van der Waals surface area (Å²) in [5, 5.41) is 1.01. The zero-order chi connectivity index (χ0) is 14.1. The van der Waals surface area contributed by atoms with Crippen molar-refractivity contribution in [1.82, 2.24) is 4.98 Å². The molecule has 0 unspecified atom stereocenters. The van der Waals surface area contributed by atoms with Crippen LogP contribution < -0.4 is 5.56 Å². The molecule has 2 nitrogen and oxygen atoms in total. The molecule has 1 heterocycles. The molecule has 0 radical (unpaired) electrons. The van der Waals surface area contributed by atoms with Gasteiger partial charge in [-0.3, -0.25) is 4.79 Å². The van der Waals surface area contributed by atoms with Gasteiger partial charge in [-0.25, -0.2) is 0 Å². The van der Waals surface area contributed by atoms with Crippen LogP contribution in [-0.2, 0) is 0 Å². The van der Waals surface area contributed by atoms with Gasteiger partial charge in [0.25, 0.3) is 0 Å². The molecule has 0 aliphatic heterocycles. The van der Waals surface area contributed by atoms with E-state index in [4.69, 9.17) is 0 Å². The van der Waals surface area contributed by atoms with Gasteiger partial charge in [-0.05, 0) is 41.0 Å². The Hall–Kier alpha value is -2.13. The lowest BCUT2D eigenvalue weighted by atomic mass is 9.99. The normalized spacial score (nSPS) is 10.7. The molecule has 0 saturated heterocycles. The van der Waals surface area contributed by atoms with Gasteiger partial charge in [0.2, 0.25) is 5.56 Å². The summed E-state index contributed by atoms with van der Waals surface area (Å²) in [6.07, 6.45) is 1.80. The third kappa shape index (κ3) is 2.32. The van der Waals surface area contributed by atoms with Crippen molar-refractivity contribution in [3.05, 3.63) is 75.5 Å². The number of fused-ring (bicyclic) bond motifs is 1. The topological polar surface area (TPSA) is 32.9 Å². The van der Waals surface area contributed by atoms with E-state index in [2.05, 4.69) is 27.5 Å². The van der Waals surface area contributed by atoms with Gasteiger partial charge in [0.05, 0.1) is 0 Å². The predicted molar refractivity (Wildman–Crippen MR) is 87.8 cm³/mol. The van der Waals surface area contributed by atoms with Crippen LogP contribution in [0.2, 0.25) is 0 Å². The van der Waals surface area contributed by atoms with E-state index in [1.165, 1.54) is 0 Å². The fraction of sp³-hybridized carbons (Fsp3) is 0. The minimum Gasteiger partial charge on any atom is -0.322 e. The van der Waals surface area contributed by atoms with E-state index in [-0.39, 0.29) is 5.56 Å². The average Bonchev–Trinajstić information content (AvgIpc) is 2.47. The number of pyridine rings is 1. The molecule has 3 rings (SSSR count). The Labute approximate surface area is 124 Å². The summed E-state index contributed by atoms with van der Waals surface area (Å²) in [7, 11) is 0. The standard InChI is InChI=1S/C17H12BrNO/c1-2-11-4-3-5-12(8-11)14-10-17(20)19-16-7-6-13(18)9-15(14)16/h2-10H,1H2,(H,19,20). The van der Waals surface area contributed by atoms with E-state index in [9.17, 15) is 4.79 Å². The summed E-state index contributed by atoms with van der Waals surface area (Å²) in [5.74, 6) is 0. The van der Waals surface area contributed by atoms with Crippen LogP contribution in [0.5, 0.6) is 0 Å². The van der Waals surface area contributed by atoms with E-state index >= 15 is 0 Å². The lowest BCUT2D eigenvalue weighted by Gasteiger charge is -2.08. The van der Waals surface area contributed by atoms with Crippen molar-refractivity contribution >= 4 is 32.9 Å². The number of hydrogen-bond donors (Lipinski definition) is 1. The molecule has 0 aliphatic rings. The van der Waals surface area contributed by atoms with Crippen LogP contribution in [0.1, 0.15) is 5.56 Å². The number of benzene rings is 2. The van der Waals surface area contributed by atoms with Crippen LogP contribution in [0.4, 0.5) is 0 Å². The van der Waals surface area contributed by atoms with Crippen molar-refractivity contribution in [3.8, 4) is 11.1 Å². The van der Waals surface area contributed by atoms with Crippen molar-refractivity contribution in [2.45, 2.75) is 0 Å². The lowest BCUT2D eigenvalue weighted by Crippen LogP contribution is -2.04. The fourth-order valence-electron chi connectivity index (χ4n) is 2.30. The third-order valence-electron chi connectivity index (χ3n) is 3.24. The van der Waals surface area contributed by atoms with Crippen LogP contribution >= 0.6 is 15.9 Å². The number of nitrogens with one attached hydrogen (secondary N) is 1. The summed E-state index contributed by atoms with van der Waals surface area (Å²) in [5.41, 5.74) is 3.70. The van der Waals surface area contributed by atoms with Gasteiger partial charge in [-0.2, -0.15) is 0 Å². The number of H-pyrrole nitrogens is 1. The van der Waals surface area contributed by atoms with E-state index in [0.717, 1.165) is 32.1 Å². The van der Waals surface area contributed by atoms with Crippen LogP contribution in [-0.4, -0.2) is 4.98 Å². The first-order chi connectivity index (χ1) is 9.67. The molecule has 3 heteroatoms. The number of aromatic amines is 1. The second kappa shape index (κ2) is 5.10. The quantitative estimate of drug-likeness (QED) is 0.733. The van der Waals surface area contributed by atoms with Crippen LogP contribution in [0.3, 0.4) is 0 Å². The number of rotatable bonds is 2. The van der Waals surface area contributed by atoms with Gasteiger partial charge in [0.1, 0.15) is 0 Å². The summed E-state index contributed by atoms with van der Waals surface area (Å²) in [4.78, 5) is 14.7. The Morgan fingerprint density at radius 1 is 1.10 bits per heavy atom. The Morgan fingerprint density at radius 3 is 2.75 bits per heavy atom. The van der Waals surface area contributed by atoms with Gasteiger partial charge in [-0.1, -0.05) is 46.8 Å². The van der Waals surface area contributed by atoms with Crippen molar-refractivity contribution in [2.24, 2.45) is 0 Å². The number of halogens is 1. The molecular weight excluding hydrogens is 314 g/mol.